The summed E-state index contributed by atoms with van der Waals surface area (Å²) in [6, 6.07) is 14.7. The monoisotopic (exact) mass is 604 g/mol. The molecular formula is C26H27BrClFN6OS. The molecule has 1 N–H and O–H groups in total. The van der Waals surface area contributed by atoms with Crippen molar-refractivity contribution < 1.29 is 9.13 Å². The molecule has 0 amide bonds. The number of halogens is 3. The minimum absolute atomic E-state index is 0.254. The molecule has 2 aromatic heterocycles. The zero-order valence-corrected chi connectivity index (χ0v) is 23.3. The Labute approximate surface area is 232 Å². The van der Waals surface area contributed by atoms with Crippen LogP contribution in [0.5, 0.6) is 0 Å². The van der Waals surface area contributed by atoms with Crippen LogP contribution in [0.4, 0.5) is 10.2 Å². The molecule has 0 spiro atoms. The number of hydrogen-bond acceptors (Lipinski definition) is 7. The van der Waals surface area contributed by atoms with Crippen molar-refractivity contribution in [3.05, 3.63) is 76.1 Å². The molecule has 1 saturated heterocycles. The molecule has 11 heteroatoms. The van der Waals surface area contributed by atoms with Crippen LogP contribution >= 0.6 is 39.3 Å². The third-order valence-electron chi connectivity index (χ3n) is 6.19. The smallest absolute Gasteiger partial charge is 0.191 e. The first kappa shape index (κ1) is 26.4. The van der Waals surface area contributed by atoms with E-state index in [2.05, 4.69) is 31.2 Å². The summed E-state index contributed by atoms with van der Waals surface area (Å²) in [5.41, 5.74) is 2.27. The van der Waals surface area contributed by atoms with Gasteiger partial charge in [-0.25, -0.2) is 19.0 Å². The number of rotatable bonds is 10. The van der Waals surface area contributed by atoms with Gasteiger partial charge in [-0.15, -0.1) is 11.6 Å². The van der Waals surface area contributed by atoms with Gasteiger partial charge in [0.25, 0.3) is 0 Å². The van der Waals surface area contributed by atoms with Gasteiger partial charge in [-0.05, 0) is 23.8 Å². The van der Waals surface area contributed by atoms with Crippen LogP contribution in [0.3, 0.4) is 0 Å². The van der Waals surface area contributed by atoms with E-state index in [1.807, 2.05) is 35.0 Å². The van der Waals surface area contributed by atoms with E-state index in [9.17, 15) is 4.39 Å². The van der Waals surface area contributed by atoms with Crippen molar-refractivity contribution in [2.45, 2.75) is 23.6 Å². The van der Waals surface area contributed by atoms with Crippen LogP contribution in [0.25, 0.3) is 11.0 Å². The van der Waals surface area contributed by atoms with E-state index in [4.69, 9.17) is 26.3 Å². The standard InChI is InChI=1S/C26H27BrClFN6OS/c27-20-7-5-18(6-8-20)22(28)17-35-25-21(16-31-35)24(30-15-19-3-1-2-4-23(19)29)32-26(33-25)37-14-11-34-9-12-36-13-10-34/h1-8,16,22H,9-15,17H2,(H,30,32,33). The molecule has 5 rings (SSSR count). The molecule has 7 nitrogen and oxygen atoms in total. The van der Waals surface area contributed by atoms with E-state index < -0.39 is 0 Å². The fourth-order valence-electron chi connectivity index (χ4n) is 4.11. The Hall–Kier alpha value is -2.24. The Kier molecular flexibility index (Phi) is 8.93. The Morgan fingerprint density at radius 3 is 2.68 bits per heavy atom. The molecule has 0 saturated carbocycles. The van der Waals surface area contributed by atoms with E-state index in [-0.39, 0.29) is 11.2 Å². The summed E-state index contributed by atoms with van der Waals surface area (Å²) in [7, 11) is 0. The van der Waals surface area contributed by atoms with Crippen molar-refractivity contribution in [3.8, 4) is 0 Å². The molecule has 3 heterocycles. The zero-order valence-electron chi connectivity index (χ0n) is 20.1. The quantitative estimate of drug-likeness (QED) is 0.140. The van der Waals surface area contributed by atoms with Crippen molar-refractivity contribution in [1.82, 2.24) is 24.6 Å². The Morgan fingerprint density at radius 2 is 1.89 bits per heavy atom. The molecule has 1 aliphatic rings. The Morgan fingerprint density at radius 1 is 1.11 bits per heavy atom. The molecule has 1 unspecified atom stereocenters. The maximum absolute atomic E-state index is 14.2. The summed E-state index contributed by atoms with van der Waals surface area (Å²) < 4.78 is 22.5. The number of morpholine rings is 1. The third kappa shape index (κ3) is 6.80. The summed E-state index contributed by atoms with van der Waals surface area (Å²) in [5.74, 6) is 1.22. The highest BCUT2D eigenvalue weighted by atomic mass is 79.9. The average molecular weight is 606 g/mol. The number of nitrogens with zero attached hydrogens (tertiary/aromatic N) is 5. The van der Waals surface area contributed by atoms with Gasteiger partial charge in [-0.2, -0.15) is 5.10 Å². The van der Waals surface area contributed by atoms with Crippen molar-refractivity contribution in [3.63, 3.8) is 0 Å². The molecular weight excluding hydrogens is 579 g/mol. The number of nitrogens with one attached hydrogen (secondary N) is 1. The predicted molar refractivity (Wildman–Crippen MR) is 150 cm³/mol. The lowest BCUT2D eigenvalue weighted by Gasteiger charge is -2.26. The molecule has 0 bridgehead atoms. The van der Waals surface area contributed by atoms with Crippen LogP contribution in [0.15, 0.2) is 64.4 Å². The number of hydrogen-bond donors (Lipinski definition) is 1. The normalized spacial score (nSPS) is 15.2. The topological polar surface area (TPSA) is 68.1 Å². The lowest BCUT2D eigenvalue weighted by atomic mass is 10.1. The van der Waals surface area contributed by atoms with E-state index in [0.29, 0.717) is 35.3 Å². The van der Waals surface area contributed by atoms with Crippen molar-refractivity contribution in [2.24, 2.45) is 0 Å². The number of fused-ring (bicyclic) bond motifs is 1. The summed E-state index contributed by atoms with van der Waals surface area (Å²) in [4.78, 5) is 12.0. The molecule has 194 valence electrons. The molecule has 37 heavy (non-hydrogen) atoms. The predicted octanol–water partition coefficient (Wildman–Crippen LogP) is 5.74. The largest absolute Gasteiger partial charge is 0.379 e. The van der Waals surface area contributed by atoms with Crippen LogP contribution in [-0.4, -0.2) is 63.2 Å². The summed E-state index contributed by atoms with van der Waals surface area (Å²) >= 11 is 11.8. The van der Waals surface area contributed by atoms with Crippen LogP contribution < -0.4 is 5.32 Å². The van der Waals surface area contributed by atoms with Gasteiger partial charge in [-0.3, -0.25) is 4.90 Å². The maximum Gasteiger partial charge on any atom is 0.191 e. The van der Waals surface area contributed by atoms with E-state index >= 15 is 0 Å². The van der Waals surface area contributed by atoms with Crippen molar-refractivity contribution >= 4 is 56.1 Å². The second-order valence-corrected chi connectivity index (χ2v) is 11.2. The maximum atomic E-state index is 14.2. The molecule has 1 atom stereocenters. The molecule has 0 radical (unpaired) electrons. The molecule has 4 aromatic rings. The third-order valence-corrected chi connectivity index (χ3v) is 7.93. The summed E-state index contributed by atoms with van der Waals surface area (Å²) in [6.07, 6.45) is 1.74. The second-order valence-electron chi connectivity index (χ2n) is 8.69. The first-order valence-electron chi connectivity index (χ1n) is 12.1. The van der Waals surface area contributed by atoms with Gasteiger partial charge in [0.2, 0.25) is 0 Å². The van der Waals surface area contributed by atoms with Gasteiger partial charge in [0, 0.05) is 42.0 Å². The van der Waals surface area contributed by atoms with Crippen LogP contribution in [0, 0.1) is 5.82 Å². The van der Waals surface area contributed by atoms with Crippen molar-refractivity contribution in [1.29, 1.82) is 0 Å². The zero-order chi connectivity index (χ0) is 25.6. The Bertz CT molecular complexity index is 1330. The molecule has 0 aliphatic carbocycles. The van der Waals surface area contributed by atoms with Gasteiger partial charge in [0.05, 0.1) is 36.7 Å². The first-order chi connectivity index (χ1) is 18.1. The average Bonchev–Trinajstić information content (AvgIpc) is 3.31. The summed E-state index contributed by atoms with van der Waals surface area (Å²) in [6.45, 7) is 5.11. The second kappa shape index (κ2) is 12.5. The van der Waals surface area contributed by atoms with E-state index in [0.717, 1.165) is 54.0 Å². The SMILES string of the molecule is Fc1ccccc1CNc1nc(SCCN2CCOCC2)nc2c1cnn2CC(Cl)c1ccc(Br)cc1. The van der Waals surface area contributed by atoms with Crippen LogP contribution in [0.1, 0.15) is 16.5 Å². The van der Waals surface area contributed by atoms with E-state index in [1.54, 1.807) is 30.1 Å². The summed E-state index contributed by atoms with van der Waals surface area (Å²) in [5, 5.41) is 9.03. The number of alkyl halides is 1. The Balaban J connectivity index is 1.38. The van der Waals surface area contributed by atoms with Gasteiger partial charge in [0.15, 0.2) is 10.8 Å². The lowest BCUT2D eigenvalue weighted by Crippen LogP contribution is -2.37. The molecule has 1 aliphatic heterocycles. The highest BCUT2D eigenvalue weighted by molar-refractivity contribution is 9.10. The minimum Gasteiger partial charge on any atom is -0.379 e. The number of benzene rings is 2. The van der Waals surface area contributed by atoms with E-state index in [1.165, 1.54) is 6.07 Å². The highest BCUT2D eigenvalue weighted by Gasteiger charge is 2.18. The molecule has 1 fully saturated rings. The lowest BCUT2D eigenvalue weighted by molar-refractivity contribution is 0.0410. The molecule has 2 aromatic carbocycles. The highest BCUT2D eigenvalue weighted by Crippen LogP contribution is 2.29. The first-order valence-corrected chi connectivity index (χ1v) is 14.3. The minimum atomic E-state index is -0.279. The van der Waals surface area contributed by atoms with Gasteiger partial charge < -0.3 is 10.1 Å². The van der Waals surface area contributed by atoms with Crippen LogP contribution in [0.2, 0.25) is 0 Å². The van der Waals surface area contributed by atoms with Gasteiger partial charge in [0.1, 0.15) is 11.6 Å². The van der Waals surface area contributed by atoms with Gasteiger partial charge in [-0.1, -0.05) is 58.0 Å². The fourth-order valence-corrected chi connectivity index (χ4v) is 5.49. The fraction of sp³-hybridized carbons (Fsp3) is 0.346. The van der Waals surface area contributed by atoms with Crippen LogP contribution in [-0.2, 0) is 17.8 Å². The number of aromatic nitrogens is 4. The number of ether oxygens (including phenoxy) is 1. The van der Waals surface area contributed by atoms with Crippen molar-refractivity contribution in [2.75, 3.05) is 43.9 Å². The number of anilines is 1. The van der Waals surface area contributed by atoms with Gasteiger partial charge >= 0.3 is 0 Å². The number of thioether (sulfide) groups is 1.